The molecule has 0 amide bonds. The van der Waals surface area contributed by atoms with Gasteiger partial charge in [-0.2, -0.15) is 0 Å². The minimum absolute atomic E-state index is 0.287. The van der Waals surface area contributed by atoms with Crippen LogP contribution >= 0.6 is 0 Å². The SMILES string of the molecule is O=C=c1c(=C=O)c2c3ccccc3ccc2c2ccccc12. The standard InChI is InChI=1S/C20H10O2/c21-11-18-16-8-4-3-7-15(16)17-10-9-13-5-1-2-6-14(13)20(17)19(18)12-22/h1-10H. The highest BCUT2D eigenvalue weighted by Crippen LogP contribution is 2.26. The second-order valence-electron chi connectivity index (χ2n) is 5.21. The van der Waals surface area contributed by atoms with Crippen molar-refractivity contribution in [2.45, 2.75) is 0 Å². The van der Waals surface area contributed by atoms with Crippen LogP contribution in [0, 0.1) is 0 Å². The fourth-order valence-electron chi connectivity index (χ4n) is 3.17. The molecule has 0 unspecified atom stereocenters. The Bertz CT molecular complexity index is 1220. The second-order valence-corrected chi connectivity index (χ2v) is 5.21. The van der Waals surface area contributed by atoms with Gasteiger partial charge >= 0.3 is 0 Å². The van der Waals surface area contributed by atoms with Crippen molar-refractivity contribution < 1.29 is 9.59 Å². The molecule has 4 aromatic carbocycles. The molecule has 0 aliphatic heterocycles. The van der Waals surface area contributed by atoms with Crippen LogP contribution in [0.3, 0.4) is 0 Å². The summed E-state index contributed by atoms with van der Waals surface area (Å²) in [6.07, 6.45) is 0. The summed E-state index contributed by atoms with van der Waals surface area (Å²) in [6, 6.07) is 19.4. The van der Waals surface area contributed by atoms with E-state index in [-0.39, 0.29) is 5.22 Å². The van der Waals surface area contributed by atoms with Gasteiger partial charge in [-0.05, 0) is 21.5 Å². The lowest BCUT2D eigenvalue weighted by molar-refractivity contribution is 0.564. The van der Waals surface area contributed by atoms with Gasteiger partial charge in [0.25, 0.3) is 0 Å². The predicted molar refractivity (Wildman–Crippen MR) is 87.8 cm³/mol. The van der Waals surface area contributed by atoms with Crippen LogP contribution in [0.1, 0.15) is 0 Å². The summed E-state index contributed by atoms with van der Waals surface area (Å²) in [5.74, 6) is 3.90. The Morgan fingerprint density at radius 1 is 0.545 bits per heavy atom. The van der Waals surface area contributed by atoms with Crippen molar-refractivity contribution in [2.75, 3.05) is 0 Å². The molecule has 0 aliphatic carbocycles. The van der Waals surface area contributed by atoms with Crippen molar-refractivity contribution in [3.8, 4) is 0 Å². The van der Waals surface area contributed by atoms with Crippen molar-refractivity contribution in [3.05, 3.63) is 71.1 Å². The Labute approximate surface area is 125 Å². The highest BCUT2D eigenvalue weighted by atomic mass is 16.1. The van der Waals surface area contributed by atoms with Crippen molar-refractivity contribution in [1.82, 2.24) is 0 Å². The van der Waals surface area contributed by atoms with Crippen LogP contribution in [0.4, 0.5) is 0 Å². The molecule has 0 saturated carbocycles. The zero-order valence-electron chi connectivity index (χ0n) is 11.6. The molecular formula is C20H10O2. The topological polar surface area (TPSA) is 34.1 Å². The van der Waals surface area contributed by atoms with Crippen LogP contribution in [0.15, 0.2) is 60.7 Å². The minimum Gasteiger partial charge on any atom is -0.233 e. The van der Waals surface area contributed by atoms with Crippen molar-refractivity contribution in [2.24, 2.45) is 0 Å². The molecule has 22 heavy (non-hydrogen) atoms. The van der Waals surface area contributed by atoms with Crippen molar-refractivity contribution >= 4 is 44.2 Å². The lowest BCUT2D eigenvalue weighted by Crippen LogP contribution is -2.29. The van der Waals surface area contributed by atoms with Gasteiger partial charge in [0, 0.05) is 10.8 Å². The fraction of sp³-hybridized carbons (Fsp3) is 0. The summed E-state index contributed by atoms with van der Waals surface area (Å²) in [5, 5.41) is 5.95. The van der Waals surface area contributed by atoms with E-state index in [9.17, 15) is 9.59 Å². The van der Waals surface area contributed by atoms with E-state index in [0.29, 0.717) is 5.22 Å². The number of hydrogen-bond acceptors (Lipinski definition) is 2. The predicted octanol–water partition coefficient (Wildman–Crippen LogP) is 2.15. The number of carbonyl (C=O) groups excluding carboxylic acids is 2. The molecule has 102 valence electrons. The monoisotopic (exact) mass is 282 g/mol. The van der Waals surface area contributed by atoms with Gasteiger partial charge in [-0.15, -0.1) is 0 Å². The van der Waals surface area contributed by atoms with Gasteiger partial charge in [-0.3, -0.25) is 0 Å². The summed E-state index contributed by atoms with van der Waals surface area (Å²) in [6.45, 7) is 0. The maximum atomic E-state index is 11.6. The second kappa shape index (κ2) is 4.68. The smallest absolute Gasteiger partial charge is 0.134 e. The first-order valence-electron chi connectivity index (χ1n) is 6.97. The van der Waals surface area contributed by atoms with Gasteiger partial charge < -0.3 is 0 Å². The first kappa shape index (κ1) is 12.6. The molecular weight excluding hydrogens is 272 g/mol. The van der Waals surface area contributed by atoms with Crippen molar-refractivity contribution in [1.29, 1.82) is 0 Å². The van der Waals surface area contributed by atoms with Crippen LogP contribution in [-0.4, -0.2) is 11.9 Å². The van der Waals surface area contributed by atoms with E-state index in [1.54, 1.807) is 0 Å². The van der Waals surface area contributed by atoms with Crippen LogP contribution in [0.25, 0.3) is 32.3 Å². The molecule has 0 spiro atoms. The Kier molecular flexibility index (Phi) is 2.67. The van der Waals surface area contributed by atoms with Gasteiger partial charge in [0.2, 0.25) is 0 Å². The number of hydrogen-bond donors (Lipinski definition) is 0. The summed E-state index contributed by atoms with van der Waals surface area (Å²) < 4.78 is 0. The Balaban J connectivity index is 2.57. The van der Waals surface area contributed by atoms with Gasteiger partial charge in [-0.25, -0.2) is 9.59 Å². The molecule has 0 fully saturated rings. The number of fused-ring (bicyclic) bond motifs is 5. The van der Waals surface area contributed by atoms with Crippen LogP contribution in [-0.2, 0) is 9.59 Å². The Morgan fingerprint density at radius 3 is 1.91 bits per heavy atom. The fourth-order valence-corrected chi connectivity index (χ4v) is 3.17. The van der Waals surface area contributed by atoms with E-state index in [4.69, 9.17) is 0 Å². The minimum atomic E-state index is 0.287. The molecule has 4 aromatic rings. The largest absolute Gasteiger partial charge is 0.233 e. The van der Waals surface area contributed by atoms with E-state index in [1.165, 1.54) is 0 Å². The number of rotatable bonds is 0. The Hall–Kier alpha value is -3.18. The van der Waals surface area contributed by atoms with Crippen LogP contribution in [0.2, 0.25) is 0 Å². The maximum Gasteiger partial charge on any atom is 0.134 e. The van der Waals surface area contributed by atoms with Gasteiger partial charge in [0.15, 0.2) is 0 Å². The molecule has 0 radical (unpaired) electrons. The summed E-state index contributed by atoms with van der Waals surface area (Å²) in [5.41, 5.74) is 0. The highest BCUT2D eigenvalue weighted by molar-refractivity contribution is 6.18. The van der Waals surface area contributed by atoms with E-state index in [1.807, 2.05) is 72.5 Å². The number of benzene rings is 4. The highest BCUT2D eigenvalue weighted by Gasteiger charge is 2.09. The molecule has 0 atom stereocenters. The molecule has 2 heteroatoms. The van der Waals surface area contributed by atoms with Crippen LogP contribution in [0.5, 0.6) is 0 Å². The molecule has 0 bridgehead atoms. The third kappa shape index (κ3) is 1.57. The van der Waals surface area contributed by atoms with Gasteiger partial charge in [-0.1, -0.05) is 60.7 Å². The van der Waals surface area contributed by atoms with E-state index in [0.717, 1.165) is 32.3 Å². The molecule has 4 rings (SSSR count). The van der Waals surface area contributed by atoms with Gasteiger partial charge in [0.05, 0.1) is 10.4 Å². The third-order valence-electron chi connectivity index (χ3n) is 4.12. The maximum absolute atomic E-state index is 11.6. The molecule has 0 heterocycles. The van der Waals surface area contributed by atoms with Gasteiger partial charge in [0.1, 0.15) is 11.9 Å². The molecule has 0 saturated heterocycles. The van der Waals surface area contributed by atoms with E-state index in [2.05, 4.69) is 0 Å². The van der Waals surface area contributed by atoms with Crippen LogP contribution < -0.4 is 10.4 Å². The van der Waals surface area contributed by atoms with E-state index < -0.39 is 0 Å². The first-order chi connectivity index (χ1) is 10.8. The zero-order valence-corrected chi connectivity index (χ0v) is 11.6. The molecule has 0 aromatic heterocycles. The summed E-state index contributed by atoms with van der Waals surface area (Å²) >= 11 is 0. The van der Waals surface area contributed by atoms with E-state index >= 15 is 0 Å². The third-order valence-corrected chi connectivity index (χ3v) is 4.12. The molecule has 0 aliphatic rings. The Morgan fingerprint density at radius 2 is 1.18 bits per heavy atom. The lowest BCUT2D eigenvalue weighted by Gasteiger charge is -2.07. The van der Waals surface area contributed by atoms with Crippen molar-refractivity contribution in [3.63, 3.8) is 0 Å². The molecule has 0 N–H and O–H groups in total. The lowest BCUT2D eigenvalue weighted by atomic mass is 9.94. The summed E-state index contributed by atoms with van der Waals surface area (Å²) in [4.78, 5) is 23.1. The average molecular weight is 282 g/mol. The average Bonchev–Trinajstić information content (AvgIpc) is 2.60. The quantitative estimate of drug-likeness (QED) is 0.463. The zero-order chi connectivity index (χ0) is 15.1. The normalized spacial score (nSPS) is 10.7. The molecule has 2 nitrogen and oxygen atoms in total. The first-order valence-corrected chi connectivity index (χ1v) is 6.97. The summed E-state index contributed by atoms with van der Waals surface area (Å²) in [7, 11) is 0.